The van der Waals surface area contributed by atoms with Crippen LogP contribution in [0.15, 0.2) is 48.5 Å². The molecule has 1 N–H and O–H groups in total. The molecule has 0 unspecified atom stereocenters. The molecule has 2 atom stereocenters. The Morgan fingerprint density at radius 2 is 1.71 bits per heavy atom. The summed E-state index contributed by atoms with van der Waals surface area (Å²) in [6.07, 6.45) is 1.52. The number of carbonyl (C=O) groups is 1. The molecule has 0 saturated heterocycles. The van der Waals surface area contributed by atoms with Crippen LogP contribution in [0.1, 0.15) is 42.9 Å². The van der Waals surface area contributed by atoms with Gasteiger partial charge in [-0.3, -0.25) is 9.10 Å². The molecule has 1 amide bonds. The van der Waals surface area contributed by atoms with Crippen molar-refractivity contribution in [2.24, 2.45) is 0 Å². The van der Waals surface area contributed by atoms with Gasteiger partial charge in [-0.25, -0.2) is 8.42 Å². The molecule has 0 saturated carbocycles. The number of nitrogens with one attached hydrogen (secondary N) is 1. The fourth-order valence-electron chi connectivity index (χ4n) is 3.19. The van der Waals surface area contributed by atoms with Crippen LogP contribution in [-0.4, -0.2) is 33.2 Å². The highest BCUT2D eigenvalue weighted by Gasteiger charge is 2.31. The molecule has 0 bridgehead atoms. The quantitative estimate of drug-likeness (QED) is 0.731. The van der Waals surface area contributed by atoms with Crippen molar-refractivity contribution in [2.75, 3.05) is 17.1 Å². The SMILES string of the molecule is CC[C@@H](C(=O)NC[C@@H](C)c1ccccc1)N(c1ccc(C)c(C)c1)S(C)(=O)=O. The summed E-state index contributed by atoms with van der Waals surface area (Å²) >= 11 is 0. The molecule has 2 rings (SSSR count). The van der Waals surface area contributed by atoms with Gasteiger partial charge in [0.1, 0.15) is 6.04 Å². The van der Waals surface area contributed by atoms with Crippen LogP contribution in [0, 0.1) is 13.8 Å². The lowest BCUT2D eigenvalue weighted by Gasteiger charge is -2.31. The Labute approximate surface area is 168 Å². The molecular weight excluding hydrogens is 372 g/mol. The van der Waals surface area contributed by atoms with Crippen molar-refractivity contribution in [3.8, 4) is 0 Å². The van der Waals surface area contributed by atoms with E-state index in [0.717, 1.165) is 22.9 Å². The topological polar surface area (TPSA) is 66.5 Å². The number of sulfonamides is 1. The van der Waals surface area contributed by atoms with Crippen molar-refractivity contribution in [1.82, 2.24) is 5.32 Å². The molecule has 28 heavy (non-hydrogen) atoms. The van der Waals surface area contributed by atoms with Crippen LogP contribution < -0.4 is 9.62 Å². The lowest BCUT2D eigenvalue weighted by atomic mass is 10.0. The molecule has 0 aliphatic carbocycles. The lowest BCUT2D eigenvalue weighted by Crippen LogP contribution is -2.49. The second-order valence-corrected chi connectivity index (χ2v) is 9.17. The van der Waals surface area contributed by atoms with Crippen molar-refractivity contribution in [3.63, 3.8) is 0 Å². The monoisotopic (exact) mass is 402 g/mol. The Kier molecular flexibility index (Phi) is 7.24. The summed E-state index contributed by atoms with van der Waals surface area (Å²) in [4.78, 5) is 12.9. The van der Waals surface area contributed by atoms with Crippen molar-refractivity contribution < 1.29 is 13.2 Å². The maximum Gasteiger partial charge on any atom is 0.243 e. The van der Waals surface area contributed by atoms with Gasteiger partial charge in [0.05, 0.1) is 11.9 Å². The number of aryl methyl sites for hydroxylation is 2. The highest BCUT2D eigenvalue weighted by atomic mass is 32.2. The van der Waals surface area contributed by atoms with Crippen LogP contribution in [0.4, 0.5) is 5.69 Å². The smallest absolute Gasteiger partial charge is 0.243 e. The van der Waals surface area contributed by atoms with Gasteiger partial charge in [0.2, 0.25) is 15.9 Å². The third-order valence-corrected chi connectivity index (χ3v) is 6.21. The van der Waals surface area contributed by atoms with Crippen molar-refractivity contribution in [1.29, 1.82) is 0 Å². The summed E-state index contributed by atoms with van der Waals surface area (Å²) < 4.78 is 26.3. The predicted octanol–water partition coefficient (Wildman–Crippen LogP) is 3.77. The van der Waals surface area contributed by atoms with Gasteiger partial charge >= 0.3 is 0 Å². The molecule has 5 nitrogen and oxygen atoms in total. The first-order valence-corrected chi connectivity index (χ1v) is 11.4. The third-order valence-electron chi connectivity index (χ3n) is 5.03. The van der Waals surface area contributed by atoms with Crippen molar-refractivity contribution in [2.45, 2.75) is 46.1 Å². The zero-order valence-electron chi connectivity index (χ0n) is 17.3. The van der Waals surface area contributed by atoms with Gasteiger partial charge in [-0.15, -0.1) is 0 Å². The predicted molar refractivity (Wildman–Crippen MR) is 115 cm³/mol. The van der Waals surface area contributed by atoms with E-state index in [1.807, 2.05) is 70.2 Å². The number of amides is 1. The normalized spacial score (nSPS) is 13.6. The number of hydrogen-bond donors (Lipinski definition) is 1. The highest BCUT2D eigenvalue weighted by molar-refractivity contribution is 7.92. The van der Waals surface area contributed by atoms with Crippen LogP contribution in [0.3, 0.4) is 0 Å². The Hall–Kier alpha value is -2.34. The Morgan fingerprint density at radius 3 is 2.25 bits per heavy atom. The molecule has 0 radical (unpaired) electrons. The minimum absolute atomic E-state index is 0.135. The molecule has 6 heteroatoms. The summed E-state index contributed by atoms with van der Waals surface area (Å²) in [6, 6.07) is 14.6. The van der Waals surface area contributed by atoms with Gasteiger partial charge in [-0.1, -0.05) is 50.2 Å². The largest absolute Gasteiger partial charge is 0.354 e. The van der Waals surface area contributed by atoms with Crippen molar-refractivity contribution >= 4 is 21.6 Å². The van der Waals surface area contributed by atoms with Crippen LogP contribution in [0.5, 0.6) is 0 Å². The summed E-state index contributed by atoms with van der Waals surface area (Å²) in [5, 5.41) is 2.94. The number of benzene rings is 2. The van der Waals surface area contributed by atoms with Gasteiger partial charge in [-0.05, 0) is 55.0 Å². The first-order valence-electron chi connectivity index (χ1n) is 9.54. The Balaban J connectivity index is 2.23. The second kappa shape index (κ2) is 9.24. The molecule has 2 aromatic rings. The molecule has 0 aromatic heterocycles. The number of anilines is 1. The van der Waals surface area contributed by atoms with E-state index in [4.69, 9.17) is 0 Å². The summed E-state index contributed by atoms with van der Waals surface area (Å²) in [5.74, 6) is -0.148. The van der Waals surface area contributed by atoms with Gasteiger partial charge < -0.3 is 5.32 Å². The number of hydrogen-bond acceptors (Lipinski definition) is 3. The molecular formula is C22H30N2O3S. The zero-order valence-corrected chi connectivity index (χ0v) is 18.1. The first-order chi connectivity index (χ1) is 13.1. The minimum Gasteiger partial charge on any atom is -0.354 e. The van der Waals surface area contributed by atoms with Gasteiger partial charge in [-0.2, -0.15) is 0 Å². The van der Waals surface area contributed by atoms with Crippen LogP contribution in [0.2, 0.25) is 0 Å². The fourth-order valence-corrected chi connectivity index (χ4v) is 4.40. The Bertz CT molecular complexity index is 911. The minimum atomic E-state index is -3.62. The van der Waals surface area contributed by atoms with Crippen LogP contribution >= 0.6 is 0 Å². The molecule has 0 fully saturated rings. The second-order valence-electron chi connectivity index (χ2n) is 7.31. The van der Waals surface area contributed by atoms with E-state index in [0.29, 0.717) is 18.7 Å². The molecule has 0 aliphatic rings. The van der Waals surface area contributed by atoms with E-state index < -0.39 is 16.1 Å². The van der Waals surface area contributed by atoms with Crippen molar-refractivity contribution in [3.05, 3.63) is 65.2 Å². The van der Waals surface area contributed by atoms with Gasteiger partial charge in [0.25, 0.3) is 0 Å². The average Bonchev–Trinajstić information content (AvgIpc) is 2.66. The first kappa shape index (κ1) is 22.0. The lowest BCUT2D eigenvalue weighted by molar-refractivity contribution is -0.122. The molecule has 2 aromatic carbocycles. The molecule has 0 aliphatic heterocycles. The van der Waals surface area contributed by atoms with Gasteiger partial charge in [0.15, 0.2) is 0 Å². The van der Waals surface area contributed by atoms with E-state index >= 15 is 0 Å². The third kappa shape index (κ3) is 5.35. The van der Waals surface area contributed by atoms with E-state index in [2.05, 4.69) is 5.32 Å². The molecule has 152 valence electrons. The van der Waals surface area contributed by atoms with Crippen LogP contribution in [-0.2, 0) is 14.8 Å². The maximum atomic E-state index is 12.9. The summed E-state index contributed by atoms with van der Waals surface area (Å²) in [5.41, 5.74) is 3.71. The van der Waals surface area contributed by atoms with E-state index in [1.165, 1.54) is 4.31 Å². The standard InChI is InChI=1S/C22H30N2O3S/c1-6-21(22(25)23-15-18(4)19-10-8-7-9-11-19)24(28(5,26)27)20-13-12-16(2)17(3)14-20/h7-14,18,21H,6,15H2,1-5H3,(H,23,25)/t18-,21+/m1/s1. The van der Waals surface area contributed by atoms with E-state index in [1.54, 1.807) is 6.07 Å². The zero-order chi connectivity index (χ0) is 20.9. The van der Waals surface area contributed by atoms with E-state index in [-0.39, 0.29) is 11.8 Å². The average molecular weight is 403 g/mol. The van der Waals surface area contributed by atoms with Crippen LogP contribution in [0.25, 0.3) is 0 Å². The van der Waals surface area contributed by atoms with Gasteiger partial charge in [0, 0.05) is 6.54 Å². The Morgan fingerprint density at radius 1 is 1.07 bits per heavy atom. The highest BCUT2D eigenvalue weighted by Crippen LogP contribution is 2.25. The number of rotatable bonds is 8. The maximum absolute atomic E-state index is 12.9. The summed E-state index contributed by atoms with van der Waals surface area (Å²) in [6.45, 7) is 8.21. The summed E-state index contributed by atoms with van der Waals surface area (Å²) in [7, 11) is -3.62. The number of carbonyl (C=O) groups excluding carboxylic acids is 1. The van der Waals surface area contributed by atoms with E-state index in [9.17, 15) is 13.2 Å². The number of nitrogens with zero attached hydrogens (tertiary/aromatic N) is 1. The molecule has 0 heterocycles. The molecule has 0 spiro atoms. The fraction of sp³-hybridized carbons (Fsp3) is 0.409.